The van der Waals surface area contributed by atoms with Crippen molar-refractivity contribution >= 4 is 10.0 Å². The molecular formula is C24H33F3N2O4S. The number of aliphatic hydroxyl groups excluding tert-OH is 1. The average molecular weight is 503 g/mol. The van der Waals surface area contributed by atoms with Gasteiger partial charge in [-0.3, -0.25) is 4.90 Å². The first-order chi connectivity index (χ1) is 15.9. The predicted octanol–water partition coefficient (Wildman–Crippen LogP) is 3.38. The molecular weight excluding hydrogens is 469 g/mol. The molecule has 1 aliphatic heterocycles. The van der Waals surface area contributed by atoms with Crippen LogP contribution >= 0.6 is 0 Å². The van der Waals surface area contributed by atoms with Crippen LogP contribution < -0.4 is 0 Å². The number of hydrogen-bond donors (Lipinski definition) is 1. The van der Waals surface area contributed by atoms with E-state index in [0.29, 0.717) is 43.6 Å². The van der Waals surface area contributed by atoms with E-state index in [1.54, 1.807) is 0 Å². The molecule has 0 unspecified atom stereocenters. The van der Waals surface area contributed by atoms with Crippen molar-refractivity contribution in [2.24, 2.45) is 17.3 Å². The summed E-state index contributed by atoms with van der Waals surface area (Å²) >= 11 is 0. The summed E-state index contributed by atoms with van der Waals surface area (Å²) in [5.74, 6) is 1.33. The third-order valence-electron chi connectivity index (χ3n) is 7.76. The lowest BCUT2D eigenvalue weighted by atomic mass is 9.49. The summed E-state index contributed by atoms with van der Waals surface area (Å²) < 4.78 is 71.6. The second-order valence-electron chi connectivity index (χ2n) is 10.2. The van der Waals surface area contributed by atoms with Crippen LogP contribution in [0, 0.1) is 17.3 Å². The normalized spacial score (nSPS) is 26.6. The van der Waals surface area contributed by atoms with Crippen LogP contribution in [0.25, 0.3) is 0 Å². The minimum absolute atomic E-state index is 0.150. The van der Waals surface area contributed by atoms with Gasteiger partial charge >= 0.3 is 6.18 Å². The van der Waals surface area contributed by atoms with E-state index in [1.165, 1.54) is 22.4 Å². The molecule has 1 heterocycles. The Morgan fingerprint density at radius 2 is 1.91 bits per heavy atom. The topological polar surface area (TPSA) is 70.1 Å². The second-order valence-corrected chi connectivity index (χ2v) is 12.2. The Bertz CT molecular complexity index is 1020. The van der Waals surface area contributed by atoms with Gasteiger partial charge < -0.3 is 9.84 Å². The molecule has 1 aromatic carbocycles. The number of nitrogens with zero attached hydrogens (tertiary/aromatic N) is 2. The summed E-state index contributed by atoms with van der Waals surface area (Å²) in [6.07, 6.45) is -0.706. The fourth-order valence-electron chi connectivity index (χ4n) is 5.44. The summed E-state index contributed by atoms with van der Waals surface area (Å²) in [5.41, 5.74) is 0.674. The molecule has 1 N–H and O–H groups in total. The quantitative estimate of drug-likeness (QED) is 0.552. The molecule has 0 amide bonds. The zero-order valence-corrected chi connectivity index (χ0v) is 20.4. The van der Waals surface area contributed by atoms with Crippen molar-refractivity contribution in [3.8, 4) is 0 Å². The van der Waals surface area contributed by atoms with Gasteiger partial charge in [-0.25, -0.2) is 8.42 Å². The van der Waals surface area contributed by atoms with E-state index >= 15 is 0 Å². The van der Waals surface area contributed by atoms with Crippen LogP contribution in [-0.4, -0.2) is 74.8 Å². The lowest BCUT2D eigenvalue weighted by molar-refractivity contribution is -0.137. The maximum atomic E-state index is 13.0. The van der Waals surface area contributed by atoms with E-state index in [0.717, 1.165) is 24.5 Å². The van der Waals surface area contributed by atoms with Gasteiger partial charge in [-0.05, 0) is 53.9 Å². The predicted molar refractivity (Wildman–Crippen MR) is 122 cm³/mol. The first-order valence-electron chi connectivity index (χ1n) is 11.7. The van der Waals surface area contributed by atoms with E-state index in [-0.39, 0.29) is 24.6 Å². The lowest BCUT2D eigenvalue weighted by Gasteiger charge is -2.56. The van der Waals surface area contributed by atoms with Gasteiger partial charge in [0.15, 0.2) is 0 Å². The van der Waals surface area contributed by atoms with Crippen molar-refractivity contribution in [2.75, 3.05) is 45.9 Å². The largest absolute Gasteiger partial charge is 0.416 e. The molecule has 1 saturated heterocycles. The fraction of sp³-hybridized carbons (Fsp3) is 0.667. The van der Waals surface area contributed by atoms with Crippen molar-refractivity contribution in [2.45, 2.75) is 43.9 Å². The molecule has 4 aliphatic rings. The zero-order valence-electron chi connectivity index (χ0n) is 19.6. The number of piperazine rings is 1. The number of hydrogen-bond acceptors (Lipinski definition) is 5. The molecule has 190 valence electrons. The maximum absolute atomic E-state index is 13.0. The summed E-state index contributed by atoms with van der Waals surface area (Å²) in [6.45, 7) is 6.77. The van der Waals surface area contributed by atoms with Crippen molar-refractivity contribution in [1.29, 1.82) is 0 Å². The zero-order chi connectivity index (χ0) is 24.7. The van der Waals surface area contributed by atoms with E-state index < -0.39 is 27.9 Å². The molecule has 10 heteroatoms. The SMILES string of the molecule is CC1(C)[C@@H]2CC=C(COC[C@H](O)CN3CCN(S(=O)(=O)c4cccc(C(F)(F)F)c4)CC3)[C@H]1C2. The monoisotopic (exact) mass is 502 g/mol. The Morgan fingerprint density at radius 3 is 2.53 bits per heavy atom. The van der Waals surface area contributed by atoms with Crippen LogP contribution in [0.4, 0.5) is 13.2 Å². The fourth-order valence-corrected chi connectivity index (χ4v) is 6.91. The highest BCUT2D eigenvalue weighted by atomic mass is 32.2. The molecule has 1 saturated carbocycles. The Hall–Kier alpha value is -1.46. The van der Waals surface area contributed by atoms with Crippen molar-refractivity contribution in [3.05, 3.63) is 41.5 Å². The van der Waals surface area contributed by atoms with Gasteiger partial charge in [0.25, 0.3) is 0 Å². The number of rotatable bonds is 8. The molecule has 0 aromatic heterocycles. The second kappa shape index (κ2) is 9.54. The van der Waals surface area contributed by atoms with Gasteiger partial charge in [0.1, 0.15) is 0 Å². The highest BCUT2D eigenvalue weighted by Crippen LogP contribution is 2.59. The van der Waals surface area contributed by atoms with Crippen LogP contribution in [0.5, 0.6) is 0 Å². The molecule has 2 fully saturated rings. The first-order valence-corrected chi connectivity index (χ1v) is 13.2. The van der Waals surface area contributed by atoms with Gasteiger partial charge in [-0.15, -0.1) is 0 Å². The van der Waals surface area contributed by atoms with Crippen LogP contribution in [0.3, 0.4) is 0 Å². The Balaban J connectivity index is 1.23. The minimum atomic E-state index is -4.60. The van der Waals surface area contributed by atoms with Crippen LogP contribution in [0.15, 0.2) is 40.8 Å². The van der Waals surface area contributed by atoms with Gasteiger partial charge in [0.05, 0.1) is 29.8 Å². The highest BCUT2D eigenvalue weighted by Gasteiger charge is 2.51. The minimum Gasteiger partial charge on any atom is -0.389 e. The number of β-amino-alcohol motifs (C(OH)–C–C–N with tert-alkyl or cyclic N) is 1. The number of alkyl halides is 3. The molecule has 34 heavy (non-hydrogen) atoms. The summed E-state index contributed by atoms with van der Waals surface area (Å²) in [6, 6.07) is 3.82. The third-order valence-corrected chi connectivity index (χ3v) is 9.66. The number of fused-ring (bicyclic) bond motifs is 1. The van der Waals surface area contributed by atoms with E-state index in [1.807, 2.05) is 4.90 Å². The Labute approximate surface area is 199 Å². The smallest absolute Gasteiger partial charge is 0.389 e. The average Bonchev–Trinajstić information content (AvgIpc) is 2.79. The summed E-state index contributed by atoms with van der Waals surface area (Å²) in [5, 5.41) is 10.4. The number of allylic oxidation sites excluding steroid dienone is 1. The molecule has 3 aliphatic carbocycles. The van der Waals surface area contributed by atoms with Crippen LogP contribution in [0.1, 0.15) is 32.3 Å². The standard InChI is InChI=1S/C24H33F3N2O4S/c1-23(2)18-7-6-17(22(23)13-18)15-33-16-20(30)14-28-8-10-29(11-9-28)34(31,32)21-5-3-4-19(12-21)24(25,26)27/h3-6,12,18,20,22,30H,7-11,13-16H2,1-2H3/t18-,20-,22-/m1/s1. The van der Waals surface area contributed by atoms with E-state index in [4.69, 9.17) is 4.74 Å². The van der Waals surface area contributed by atoms with Crippen molar-refractivity contribution in [1.82, 2.24) is 9.21 Å². The number of halogens is 3. The molecule has 1 aromatic rings. The number of benzene rings is 1. The van der Waals surface area contributed by atoms with Gasteiger partial charge in [0.2, 0.25) is 10.0 Å². The summed E-state index contributed by atoms with van der Waals surface area (Å²) in [7, 11) is -4.02. The Kier molecular flexibility index (Phi) is 7.19. The molecule has 2 bridgehead atoms. The molecule has 0 spiro atoms. The van der Waals surface area contributed by atoms with E-state index in [9.17, 15) is 26.7 Å². The number of sulfonamides is 1. The van der Waals surface area contributed by atoms with Gasteiger partial charge in [0, 0.05) is 32.7 Å². The molecule has 5 rings (SSSR count). The summed E-state index contributed by atoms with van der Waals surface area (Å²) in [4.78, 5) is 1.59. The third kappa shape index (κ3) is 5.21. The van der Waals surface area contributed by atoms with Crippen LogP contribution in [0.2, 0.25) is 0 Å². The number of aliphatic hydroxyl groups is 1. The highest BCUT2D eigenvalue weighted by molar-refractivity contribution is 7.89. The Morgan fingerprint density at radius 1 is 1.21 bits per heavy atom. The van der Waals surface area contributed by atoms with Crippen molar-refractivity contribution < 1.29 is 31.4 Å². The van der Waals surface area contributed by atoms with Crippen molar-refractivity contribution in [3.63, 3.8) is 0 Å². The van der Waals surface area contributed by atoms with Gasteiger partial charge in [-0.2, -0.15) is 17.5 Å². The number of ether oxygens (including phenoxy) is 1. The maximum Gasteiger partial charge on any atom is 0.416 e. The van der Waals surface area contributed by atoms with Gasteiger partial charge in [-0.1, -0.05) is 26.0 Å². The first kappa shape index (κ1) is 25.6. The molecule has 3 atom stereocenters. The molecule has 6 nitrogen and oxygen atoms in total. The molecule has 0 radical (unpaired) electrons. The lowest BCUT2D eigenvalue weighted by Crippen LogP contribution is -2.50. The van der Waals surface area contributed by atoms with Crippen LogP contribution in [-0.2, 0) is 20.9 Å². The van der Waals surface area contributed by atoms with E-state index in [2.05, 4.69) is 19.9 Å².